The molecular formula is C16H21NO. The van der Waals surface area contributed by atoms with Gasteiger partial charge in [-0.25, -0.2) is 0 Å². The molecule has 0 heterocycles. The maximum atomic E-state index is 9.48. The molecule has 0 unspecified atom stereocenters. The van der Waals surface area contributed by atoms with Gasteiger partial charge in [-0.15, -0.1) is 0 Å². The summed E-state index contributed by atoms with van der Waals surface area (Å²) in [5, 5.41) is 9.48. The normalized spacial score (nSPS) is 26.5. The zero-order chi connectivity index (χ0) is 13.2. The summed E-state index contributed by atoms with van der Waals surface area (Å²) >= 11 is 0. The van der Waals surface area contributed by atoms with Crippen LogP contribution in [0.3, 0.4) is 0 Å². The topological polar surface area (TPSA) is 33.0 Å². The number of rotatable bonds is 4. The van der Waals surface area contributed by atoms with Gasteiger partial charge in [0.15, 0.2) is 0 Å². The SMILES string of the molecule is CCOc1ccc(C2(C#N)CC(C(C)C)C2)cc1. The fraction of sp³-hybridized carbons (Fsp3) is 0.562. The van der Waals surface area contributed by atoms with Crippen LogP contribution in [-0.2, 0) is 5.41 Å². The van der Waals surface area contributed by atoms with Crippen molar-refractivity contribution in [2.24, 2.45) is 11.8 Å². The van der Waals surface area contributed by atoms with Crippen molar-refractivity contribution < 1.29 is 4.74 Å². The lowest BCUT2D eigenvalue weighted by Gasteiger charge is -2.45. The summed E-state index contributed by atoms with van der Waals surface area (Å²) in [6, 6.07) is 10.6. The highest BCUT2D eigenvalue weighted by atomic mass is 16.5. The number of benzene rings is 1. The number of ether oxygens (including phenoxy) is 1. The highest BCUT2D eigenvalue weighted by Gasteiger charge is 2.46. The van der Waals surface area contributed by atoms with Crippen molar-refractivity contribution in [1.29, 1.82) is 5.26 Å². The number of nitriles is 1. The average molecular weight is 243 g/mol. The van der Waals surface area contributed by atoms with Gasteiger partial charge < -0.3 is 4.74 Å². The molecule has 2 nitrogen and oxygen atoms in total. The Morgan fingerprint density at radius 3 is 2.39 bits per heavy atom. The van der Waals surface area contributed by atoms with E-state index in [4.69, 9.17) is 4.74 Å². The van der Waals surface area contributed by atoms with Crippen molar-refractivity contribution in [2.45, 2.75) is 39.0 Å². The highest BCUT2D eigenvalue weighted by molar-refractivity contribution is 5.39. The molecule has 0 aliphatic heterocycles. The number of nitrogens with zero attached hydrogens (tertiary/aromatic N) is 1. The average Bonchev–Trinajstić information content (AvgIpc) is 2.30. The minimum absolute atomic E-state index is 0.250. The van der Waals surface area contributed by atoms with Gasteiger partial charge in [0.2, 0.25) is 0 Å². The van der Waals surface area contributed by atoms with Crippen LogP contribution in [0.2, 0.25) is 0 Å². The molecule has 1 fully saturated rings. The molecule has 0 N–H and O–H groups in total. The Labute approximate surface area is 110 Å². The van der Waals surface area contributed by atoms with Crippen LogP contribution in [0.1, 0.15) is 39.2 Å². The van der Waals surface area contributed by atoms with Gasteiger partial charge in [-0.2, -0.15) is 5.26 Å². The van der Waals surface area contributed by atoms with Gasteiger partial charge in [-0.1, -0.05) is 26.0 Å². The fourth-order valence-corrected chi connectivity index (χ4v) is 2.74. The second kappa shape index (κ2) is 5.02. The predicted molar refractivity (Wildman–Crippen MR) is 72.5 cm³/mol. The highest BCUT2D eigenvalue weighted by Crippen LogP contribution is 2.50. The lowest BCUT2D eigenvalue weighted by Crippen LogP contribution is -2.42. The summed E-state index contributed by atoms with van der Waals surface area (Å²) in [5.74, 6) is 2.25. The van der Waals surface area contributed by atoms with Crippen LogP contribution >= 0.6 is 0 Å². The van der Waals surface area contributed by atoms with Gasteiger partial charge in [-0.05, 0) is 49.3 Å². The monoisotopic (exact) mass is 243 g/mol. The third-order valence-corrected chi connectivity index (χ3v) is 4.10. The van der Waals surface area contributed by atoms with E-state index >= 15 is 0 Å². The lowest BCUT2D eigenvalue weighted by molar-refractivity contribution is 0.145. The lowest BCUT2D eigenvalue weighted by atomic mass is 9.56. The van der Waals surface area contributed by atoms with E-state index in [1.54, 1.807) is 0 Å². The Balaban J connectivity index is 2.13. The van der Waals surface area contributed by atoms with E-state index in [2.05, 4.69) is 19.9 Å². The molecule has 0 radical (unpaired) electrons. The molecule has 0 aromatic heterocycles. The van der Waals surface area contributed by atoms with Gasteiger partial charge in [-0.3, -0.25) is 0 Å². The third-order valence-electron chi connectivity index (χ3n) is 4.10. The van der Waals surface area contributed by atoms with Crippen molar-refractivity contribution in [3.8, 4) is 11.8 Å². The molecule has 0 bridgehead atoms. The molecule has 0 saturated heterocycles. The largest absolute Gasteiger partial charge is 0.494 e. The molecule has 0 atom stereocenters. The Kier molecular flexibility index (Phi) is 3.61. The molecular weight excluding hydrogens is 222 g/mol. The molecule has 1 aliphatic rings. The van der Waals surface area contributed by atoms with E-state index in [1.165, 1.54) is 0 Å². The first-order valence-corrected chi connectivity index (χ1v) is 6.76. The number of hydrogen-bond acceptors (Lipinski definition) is 2. The van der Waals surface area contributed by atoms with Crippen LogP contribution in [0.25, 0.3) is 0 Å². The zero-order valence-corrected chi connectivity index (χ0v) is 11.4. The van der Waals surface area contributed by atoms with E-state index in [1.807, 2.05) is 31.2 Å². The van der Waals surface area contributed by atoms with Crippen LogP contribution in [0.4, 0.5) is 0 Å². The van der Waals surface area contributed by atoms with Crippen molar-refractivity contribution in [2.75, 3.05) is 6.61 Å². The van der Waals surface area contributed by atoms with Crippen molar-refractivity contribution >= 4 is 0 Å². The second-order valence-corrected chi connectivity index (χ2v) is 5.56. The molecule has 0 amide bonds. The molecule has 0 spiro atoms. The first-order valence-electron chi connectivity index (χ1n) is 6.76. The predicted octanol–water partition coefficient (Wildman–Crippen LogP) is 3.91. The molecule has 2 rings (SSSR count). The molecule has 1 aliphatic carbocycles. The summed E-state index contributed by atoms with van der Waals surface area (Å²) in [4.78, 5) is 0. The quantitative estimate of drug-likeness (QED) is 0.803. The molecule has 2 heteroatoms. The Morgan fingerprint density at radius 2 is 1.94 bits per heavy atom. The smallest absolute Gasteiger partial charge is 0.119 e. The van der Waals surface area contributed by atoms with Crippen molar-refractivity contribution in [3.05, 3.63) is 29.8 Å². The number of hydrogen-bond donors (Lipinski definition) is 0. The second-order valence-electron chi connectivity index (χ2n) is 5.56. The first-order chi connectivity index (χ1) is 8.61. The van der Waals surface area contributed by atoms with E-state index < -0.39 is 0 Å². The summed E-state index contributed by atoms with van der Waals surface area (Å²) in [7, 11) is 0. The van der Waals surface area contributed by atoms with Gasteiger partial charge in [0.05, 0.1) is 18.1 Å². The zero-order valence-electron chi connectivity index (χ0n) is 11.4. The van der Waals surface area contributed by atoms with Crippen LogP contribution in [0.5, 0.6) is 5.75 Å². The van der Waals surface area contributed by atoms with Gasteiger partial charge >= 0.3 is 0 Å². The van der Waals surface area contributed by atoms with Gasteiger partial charge in [0.1, 0.15) is 5.75 Å². The summed E-state index contributed by atoms with van der Waals surface area (Å²) < 4.78 is 5.44. The summed E-state index contributed by atoms with van der Waals surface area (Å²) in [6.45, 7) is 7.14. The molecule has 96 valence electrons. The maximum absolute atomic E-state index is 9.48. The van der Waals surface area contributed by atoms with E-state index in [0.29, 0.717) is 18.4 Å². The van der Waals surface area contributed by atoms with E-state index in [0.717, 1.165) is 24.2 Å². The Bertz CT molecular complexity index is 435. The van der Waals surface area contributed by atoms with E-state index in [-0.39, 0.29) is 5.41 Å². The molecule has 1 saturated carbocycles. The van der Waals surface area contributed by atoms with Crippen LogP contribution < -0.4 is 4.74 Å². The van der Waals surface area contributed by atoms with Gasteiger partial charge in [0.25, 0.3) is 0 Å². The summed E-state index contributed by atoms with van der Waals surface area (Å²) in [6.07, 6.45) is 1.99. The van der Waals surface area contributed by atoms with Crippen LogP contribution in [0, 0.1) is 23.2 Å². The first kappa shape index (κ1) is 13.0. The third kappa shape index (κ3) is 2.22. The van der Waals surface area contributed by atoms with Crippen LogP contribution in [0.15, 0.2) is 24.3 Å². The molecule has 18 heavy (non-hydrogen) atoms. The minimum atomic E-state index is -0.250. The molecule has 1 aromatic rings. The minimum Gasteiger partial charge on any atom is -0.494 e. The van der Waals surface area contributed by atoms with Crippen LogP contribution in [-0.4, -0.2) is 6.61 Å². The standard InChI is InChI=1S/C16H21NO/c1-4-18-15-7-5-14(6-8-15)16(11-17)9-13(10-16)12(2)3/h5-8,12-13H,4,9-10H2,1-3H3. The maximum Gasteiger partial charge on any atom is 0.119 e. The van der Waals surface area contributed by atoms with Crippen molar-refractivity contribution in [1.82, 2.24) is 0 Å². The molecule has 1 aromatic carbocycles. The van der Waals surface area contributed by atoms with Crippen molar-refractivity contribution in [3.63, 3.8) is 0 Å². The summed E-state index contributed by atoms with van der Waals surface area (Å²) in [5.41, 5.74) is 0.894. The Hall–Kier alpha value is -1.49. The van der Waals surface area contributed by atoms with E-state index in [9.17, 15) is 5.26 Å². The Morgan fingerprint density at radius 1 is 1.33 bits per heavy atom. The fourth-order valence-electron chi connectivity index (χ4n) is 2.74. The van der Waals surface area contributed by atoms with Gasteiger partial charge in [0, 0.05) is 0 Å².